The van der Waals surface area contributed by atoms with Crippen molar-refractivity contribution in [3.8, 4) is 0 Å². The Balaban J connectivity index is 1.67. The second-order valence-corrected chi connectivity index (χ2v) is 6.02. The molecule has 0 bridgehead atoms. The molecule has 22 heavy (non-hydrogen) atoms. The smallest absolute Gasteiger partial charge is 0.0472 e. The minimum absolute atomic E-state index is 0.331. The van der Waals surface area contributed by atoms with Crippen molar-refractivity contribution >= 4 is 5.69 Å². The maximum atomic E-state index is 6.08. The summed E-state index contributed by atoms with van der Waals surface area (Å²) in [6.45, 7) is 7.06. The molecule has 116 valence electrons. The van der Waals surface area contributed by atoms with Gasteiger partial charge in [-0.2, -0.15) is 0 Å². The highest BCUT2D eigenvalue weighted by Gasteiger charge is 2.24. The van der Waals surface area contributed by atoms with Gasteiger partial charge >= 0.3 is 0 Å². The van der Waals surface area contributed by atoms with Crippen LogP contribution in [0, 0.1) is 6.92 Å². The van der Waals surface area contributed by atoms with E-state index in [0.29, 0.717) is 12.6 Å². The second-order valence-electron chi connectivity index (χ2n) is 6.02. The largest absolute Gasteiger partial charge is 0.369 e. The zero-order valence-corrected chi connectivity index (χ0v) is 13.3. The summed E-state index contributed by atoms with van der Waals surface area (Å²) in [4.78, 5) is 4.98. The fourth-order valence-corrected chi connectivity index (χ4v) is 3.30. The molecular formula is C19H25N3. The molecule has 1 atom stereocenters. The number of nitrogens with two attached hydrogens (primary N) is 1. The van der Waals surface area contributed by atoms with Crippen LogP contribution in [0.1, 0.15) is 17.2 Å². The molecule has 2 aromatic carbocycles. The molecule has 0 aromatic heterocycles. The number of nitrogens with zero attached hydrogens (tertiary/aromatic N) is 2. The van der Waals surface area contributed by atoms with Gasteiger partial charge in [0.2, 0.25) is 0 Å². The van der Waals surface area contributed by atoms with Crippen LogP contribution in [0.3, 0.4) is 0 Å². The minimum Gasteiger partial charge on any atom is -0.369 e. The number of aryl methyl sites for hydroxylation is 1. The Hall–Kier alpha value is -1.84. The lowest BCUT2D eigenvalue weighted by atomic mass is 10.0. The number of rotatable bonds is 4. The normalized spacial score (nSPS) is 17.5. The van der Waals surface area contributed by atoms with Crippen LogP contribution in [0.15, 0.2) is 54.6 Å². The zero-order chi connectivity index (χ0) is 15.4. The first-order valence-electron chi connectivity index (χ1n) is 8.08. The molecule has 1 aliphatic rings. The van der Waals surface area contributed by atoms with Crippen LogP contribution in [0.25, 0.3) is 0 Å². The molecule has 0 amide bonds. The van der Waals surface area contributed by atoms with Crippen LogP contribution in [-0.4, -0.2) is 37.6 Å². The predicted molar refractivity (Wildman–Crippen MR) is 93.2 cm³/mol. The van der Waals surface area contributed by atoms with Gasteiger partial charge in [-0.25, -0.2) is 0 Å². The van der Waals surface area contributed by atoms with E-state index < -0.39 is 0 Å². The Kier molecular flexibility index (Phi) is 4.76. The van der Waals surface area contributed by atoms with E-state index in [2.05, 4.69) is 71.3 Å². The summed E-state index contributed by atoms with van der Waals surface area (Å²) in [6.07, 6.45) is 0. The molecular weight excluding hydrogens is 270 g/mol. The number of anilines is 1. The highest BCUT2D eigenvalue weighted by Crippen LogP contribution is 2.24. The van der Waals surface area contributed by atoms with Crippen LogP contribution < -0.4 is 10.6 Å². The fourth-order valence-electron chi connectivity index (χ4n) is 3.30. The van der Waals surface area contributed by atoms with Crippen molar-refractivity contribution in [2.24, 2.45) is 5.73 Å². The fraction of sp³-hybridized carbons (Fsp3) is 0.368. The Morgan fingerprint density at radius 2 is 1.68 bits per heavy atom. The van der Waals surface area contributed by atoms with Crippen LogP contribution in [0.4, 0.5) is 5.69 Å². The molecule has 0 saturated carbocycles. The SMILES string of the molecule is Cc1cccc(C(CN)N2CCN(c3ccccc3)CC2)c1. The average molecular weight is 295 g/mol. The highest BCUT2D eigenvalue weighted by atomic mass is 15.3. The molecule has 1 fully saturated rings. The molecule has 1 saturated heterocycles. The molecule has 1 aliphatic heterocycles. The van der Waals surface area contributed by atoms with E-state index in [1.54, 1.807) is 0 Å². The van der Waals surface area contributed by atoms with Crippen LogP contribution in [0.5, 0.6) is 0 Å². The molecule has 1 heterocycles. The summed E-state index contributed by atoms with van der Waals surface area (Å²) in [5.74, 6) is 0. The number of hydrogen-bond acceptors (Lipinski definition) is 3. The first-order valence-corrected chi connectivity index (χ1v) is 8.08. The van der Waals surface area contributed by atoms with Gasteiger partial charge in [-0.1, -0.05) is 48.0 Å². The first kappa shape index (κ1) is 15.1. The van der Waals surface area contributed by atoms with Crippen molar-refractivity contribution in [2.75, 3.05) is 37.6 Å². The number of benzene rings is 2. The van der Waals surface area contributed by atoms with E-state index in [1.165, 1.54) is 16.8 Å². The molecule has 0 spiro atoms. The third-order valence-electron chi connectivity index (χ3n) is 4.53. The second kappa shape index (κ2) is 6.95. The third-order valence-corrected chi connectivity index (χ3v) is 4.53. The molecule has 0 radical (unpaired) electrons. The van der Waals surface area contributed by atoms with Gasteiger partial charge in [0.15, 0.2) is 0 Å². The number of piperazine rings is 1. The molecule has 3 rings (SSSR count). The van der Waals surface area contributed by atoms with Crippen LogP contribution in [0.2, 0.25) is 0 Å². The van der Waals surface area contributed by atoms with Gasteiger partial charge in [-0.3, -0.25) is 4.90 Å². The van der Waals surface area contributed by atoms with Gasteiger partial charge in [0, 0.05) is 44.5 Å². The summed E-state index contributed by atoms with van der Waals surface area (Å²) in [7, 11) is 0. The lowest BCUT2D eigenvalue weighted by molar-refractivity contribution is 0.190. The number of hydrogen-bond donors (Lipinski definition) is 1. The zero-order valence-electron chi connectivity index (χ0n) is 13.3. The van der Waals surface area contributed by atoms with E-state index in [-0.39, 0.29) is 0 Å². The molecule has 3 heteroatoms. The summed E-state index contributed by atoms with van der Waals surface area (Å²) in [5.41, 5.74) is 10.0. The Labute approximate surface area is 133 Å². The molecule has 0 aliphatic carbocycles. The molecule has 2 N–H and O–H groups in total. The van der Waals surface area contributed by atoms with E-state index in [0.717, 1.165) is 26.2 Å². The maximum Gasteiger partial charge on any atom is 0.0472 e. The van der Waals surface area contributed by atoms with Gasteiger partial charge in [0.05, 0.1) is 0 Å². The van der Waals surface area contributed by atoms with Crippen molar-refractivity contribution in [2.45, 2.75) is 13.0 Å². The topological polar surface area (TPSA) is 32.5 Å². The molecule has 1 unspecified atom stereocenters. The van der Waals surface area contributed by atoms with E-state index in [9.17, 15) is 0 Å². The van der Waals surface area contributed by atoms with E-state index in [4.69, 9.17) is 5.73 Å². The lowest BCUT2D eigenvalue weighted by Gasteiger charge is -2.40. The highest BCUT2D eigenvalue weighted by molar-refractivity contribution is 5.46. The van der Waals surface area contributed by atoms with Crippen molar-refractivity contribution in [1.82, 2.24) is 4.90 Å². The van der Waals surface area contributed by atoms with Crippen molar-refractivity contribution in [3.05, 3.63) is 65.7 Å². The predicted octanol–water partition coefficient (Wildman–Crippen LogP) is 2.82. The quantitative estimate of drug-likeness (QED) is 0.941. The molecule has 3 nitrogen and oxygen atoms in total. The number of para-hydroxylation sites is 1. The monoisotopic (exact) mass is 295 g/mol. The van der Waals surface area contributed by atoms with Gasteiger partial charge in [0.25, 0.3) is 0 Å². The minimum atomic E-state index is 0.331. The van der Waals surface area contributed by atoms with Gasteiger partial charge in [0.1, 0.15) is 0 Å². The lowest BCUT2D eigenvalue weighted by Crippen LogP contribution is -2.49. The van der Waals surface area contributed by atoms with E-state index in [1.807, 2.05) is 0 Å². The summed E-state index contributed by atoms with van der Waals surface area (Å²) in [6, 6.07) is 19.7. The summed E-state index contributed by atoms with van der Waals surface area (Å²) in [5, 5.41) is 0. The average Bonchev–Trinajstić information content (AvgIpc) is 2.57. The van der Waals surface area contributed by atoms with Crippen LogP contribution >= 0.6 is 0 Å². The maximum absolute atomic E-state index is 6.08. The van der Waals surface area contributed by atoms with Crippen molar-refractivity contribution < 1.29 is 0 Å². The van der Waals surface area contributed by atoms with E-state index >= 15 is 0 Å². The van der Waals surface area contributed by atoms with Crippen LogP contribution in [-0.2, 0) is 0 Å². The third kappa shape index (κ3) is 3.32. The van der Waals surface area contributed by atoms with Crippen molar-refractivity contribution in [3.63, 3.8) is 0 Å². The molecule has 2 aromatic rings. The van der Waals surface area contributed by atoms with Gasteiger partial charge in [-0.15, -0.1) is 0 Å². The standard InChI is InChI=1S/C19H25N3/c1-16-6-5-7-17(14-16)19(15-20)22-12-10-21(11-13-22)18-8-3-2-4-9-18/h2-9,14,19H,10-13,15,20H2,1H3. The Morgan fingerprint density at radius 1 is 0.955 bits per heavy atom. The Bertz CT molecular complexity index is 589. The Morgan fingerprint density at radius 3 is 2.32 bits per heavy atom. The first-order chi connectivity index (χ1) is 10.8. The summed E-state index contributed by atoms with van der Waals surface area (Å²) < 4.78 is 0. The summed E-state index contributed by atoms with van der Waals surface area (Å²) >= 11 is 0. The van der Waals surface area contributed by atoms with Gasteiger partial charge < -0.3 is 10.6 Å². The van der Waals surface area contributed by atoms with Gasteiger partial charge in [-0.05, 0) is 24.6 Å². The van der Waals surface area contributed by atoms with Crippen molar-refractivity contribution in [1.29, 1.82) is 0 Å².